The molecule has 0 spiro atoms. The van der Waals surface area contributed by atoms with Crippen molar-refractivity contribution in [3.63, 3.8) is 0 Å². The van der Waals surface area contributed by atoms with Gasteiger partial charge in [-0.05, 0) is 93.3 Å². The number of amides is 1. The third-order valence-electron chi connectivity index (χ3n) is 7.83. The molecule has 0 radical (unpaired) electrons. The summed E-state index contributed by atoms with van der Waals surface area (Å²) in [6.07, 6.45) is 10.2. The Bertz CT molecular complexity index is 748. The summed E-state index contributed by atoms with van der Waals surface area (Å²) in [5.74, 6) is 1.98. The molecule has 5 nitrogen and oxygen atoms in total. The highest BCUT2D eigenvalue weighted by Gasteiger charge is 2.60. The molecule has 1 N–H and O–H groups in total. The molecule has 4 aliphatic carbocycles. The van der Waals surface area contributed by atoms with E-state index in [4.69, 9.17) is 9.15 Å². The molecule has 5 fully saturated rings. The van der Waals surface area contributed by atoms with Crippen LogP contribution < -0.4 is 5.32 Å². The van der Waals surface area contributed by atoms with Crippen LogP contribution in [0.25, 0.3) is 0 Å². The molecule has 1 aromatic heterocycles. The monoisotopic (exact) mass is 400 g/mol. The number of hydrogen-bond donors (Lipinski definition) is 1. The average molecular weight is 401 g/mol. The van der Waals surface area contributed by atoms with Gasteiger partial charge in [0.05, 0.1) is 18.8 Å². The highest BCUT2D eigenvalue weighted by atomic mass is 16.5. The van der Waals surface area contributed by atoms with Crippen LogP contribution in [0.2, 0.25) is 0 Å². The van der Waals surface area contributed by atoms with E-state index in [0.29, 0.717) is 29.7 Å². The van der Waals surface area contributed by atoms with E-state index in [1.165, 1.54) is 51.4 Å². The van der Waals surface area contributed by atoms with E-state index in [2.05, 4.69) is 24.1 Å². The Hall–Kier alpha value is -1.33. The summed E-state index contributed by atoms with van der Waals surface area (Å²) < 4.78 is 12.3. The van der Waals surface area contributed by atoms with Gasteiger partial charge in [0, 0.05) is 6.54 Å². The Morgan fingerprint density at radius 3 is 2.55 bits per heavy atom. The second-order valence-electron chi connectivity index (χ2n) is 11.2. The van der Waals surface area contributed by atoms with Gasteiger partial charge in [-0.25, -0.2) is 0 Å². The zero-order valence-electron chi connectivity index (χ0n) is 18.1. The minimum Gasteiger partial charge on any atom is -0.455 e. The first kappa shape index (κ1) is 19.6. The minimum absolute atomic E-state index is 0.0429. The number of nitrogens with one attached hydrogen (secondary N) is 1. The van der Waals surface area contributed by atoms with Crippen LogP contribution in [0.1, 0.15) is 81.5 Å². The molecule has 1 amide bonds. The van der Waals surface area contributed by atoms with Gasteiger partial charge >= 0.3 is 0 Å². The van der Waals surface area contributed by atoms with Gasteiger partial charge in [-0.2, -0.15) is 0 Å². The predicted octanol–water partition coefficient (Wildman–Crippen LogP) is 4.37. The number of rotatable bonds is 7. The van der Waals surface area contributed by atoms with Gasteiger partial charge in [-0.15, -0.1) is 0 Å². The summed E-state index contributed by atoms with van der Waals surface area (Å²) >= 11 is 0. The highest BCUT2D eigenvalue weighted by Crippen LogP contribution is 2.67. The molecule has 160 valence electrons. The third-order valence-corrected chi connectivity index (χ3v) is 7.83. The molecular weight excluding hydrogens is 364 g/mol. The number of nitrogens with zero attached hydrogens (tertiary/aromatic N) is 1. The summed E-state index contributed by atoms with van der Waals surface area (Å²) in [6, 6.07) is 3.73. The second-order valence-corrected chi connectivity index (χ2v) is 11.2. The molecule has 2 heterocycles. The van der Waals surface area contributed by atoms with Gasteiger partial charge in [0.15, 0.2) is 5.76 Å². The normalized spacial score (nSPS) is 38.6. The zero-order chi connectivity index (χ0) is 20.1. The van der Waals surface area contributed by atoms with Crippen molar-refractivity contribution in [1.82, 2.24) is 10.2 Å². The maximum Gasteiger partial charge on any atom is 0.287 e. The largest absolute Gasteiger partial charge is 0.455 e. The first-order valence-corrected chi connectivity index (χ1v) is 11.6. The van der Waals surface area contributed by atoms with Crippen LogP contribution in [-0.4, -0.2) is 42.6 Å². The van der Waals surface area contributed by atoms with Gasteiger partial charge in [0.25, 0.3) is 5.91 Å². The molecular formula is C24H36N2O3. The fourth-order valence-corrected chi connectivity index (χ4v) is 7.77. The molecule has 1 saturated heterocycles. The van der Waals surface area contributed by atoms with Gasteiger partial charge in [0.2, 0.25) is 0 Å². The van der Waals surface area contributed by atoms with Crippen LogP contribution >= 0.6 is 0 Å². The van der Waals surface area contributed by atoms with Crippen LogP contribution in [-0.2, 0) is 11.3 Å². The fraction of sp³-hybridized carbons (Fsp3) is 0.792. The third kappa shape index (κ3) is 4.00. The maximum atomic E-state index is 12.4. The lowest BCUT2D eigenvalue weighted by Crippen LogP contribution is -2.59. The highest BCUT2D eigenvalue weighted by molar-refractivity contribution is 5.91. The fourth-order valence-electron chi connectivity index (χ4n) is 7.77. The molecule has 5 heteroatoms. The summed E-state index contributed by atoms with van der Waals surface area (Å²) in [7, 11) is 0. The van der Waals surface area contributed by atoms with Crippen molar-refractivity contribution >= 4 is 5.91 Å². The van der Waals surface area contributed by atoms with Crippen molar-refractivity contribution in [2.75, 3.05) is 26.2 Å². The number of carbonyl (C=O) groups is 1. The summed E-state index contributed by atoms with van der Waals surface area (Å²) in [4.78, 5) is 14.8. The Morgan fingerprint density at radius 2 is 1.86 bits per heavy atom. The van der Waals surface area contributed by atoms with Crippen LogP contribution in [0.15, 0.2) is 16.5 Å². The first-order valence-electron chi connectivity index (χ1n) is 11.6. The van der Waals surface area contributed by atoms with Gasteiger partial charge in [-0.3, -0.25) is 9.69 Å². The standard InChI is InChI=1S/C24H36N2O3/c1-22-11-18-12-23(2,15-22)17-24(13-18,16-22)28-10-7-25-21(27)20-6-5-19(29-20)14-26-8-3-4-9-26/h5-6,18H,3-4,7-17H2,1-2H3,(H,25,27). The predicted molar refractivity (Wildman–Crippen MR) is 112 cm³/mol. The van der Waals surface area contributed by atoms with Gasteiger partial charge in [-0.1, -0.05) is 13.8 Å². The maximum absolute atomic E-state index is 12.4. The zero-order valence-corrected chi connectivity index (χ0v) is 18.1. The van der Waals surface area contributed by atoms with E-state index in [9.17, 15) is 4.79 Å². The quantitative estimate of drug-likeness (QED) is 0.691. The van der Waals surface area contributed by atoms with Crippen molar-refractivity contribution in [2.24, 2.45) is 16.7 Å². The first-order chi connectivity index (χ1) is 13.8. The van der Waals surface area contributed by atoms with Crippen molar-refractivity contribution in [3.8, 4) is 0 Å². The smallest absolute Gasteiger partial charge is 0.287 e. The SMILES string of the molecule is CC12CC3CC(C)(C1)CC(OCCNC(=O)c1ccc(CN4CCCC4)o1)(C3)C2. The molecule has 1 aromatic rings. The molecule has 5 aliphatic rings. The van der Waals surface area contributed by atoms with E-state index >= 15 is 0 Å². The summed E-state index contributed by atoms with van der Waals surface area (Å²) in [6.45, 7) is 9.11. The Balaban J connectivity index is 1.11. The van der Waals surface area contributed by atoms with Crippen molar-refractivity contribution in [1.29, 1.82) is 0 Å². The minimum atomic E-state index is -0.134. The van der Waals surface area contributed by atoms with E-state index < -0.39 is 0 Å². The summed E-state index contributed by atoms with van der Waals surface area (Å²) in [5, 5.41) is 2.99. The number of ether oxygens (including phenoxy) is 1. The molecule has 0 aromatic carbocycles. The number of carbonyl (C=O) groups excluding carboxylic acids is 1. The number of furan rings is 1. The Morgan fingerprint density at radius 1 is 1.14 bits per heavy atom. The Kier molecular flexibility index (Phi) is 4.82. The van der Waals surface area contributed by atoms with E-state index in [0.717, 1.165) is 31.3 Å². The van der Waals surface area contributed by atoms with Crippen LogP contribution in [0.5, 0.6) is 0 Å². The topological polar surface area (TPSA) is 54.7 Å². The van der Waals surface area contributed by atoms with Crippen molar-refractivity contribution in [2.45, 2.75) is 77.4 Å². The molecule has 29 heavy (non-hydrogen) atoms. The summed E-state index contributed by atoms with van der Waals surface area (Å²) in [5.41, 5.74) is 0.954. The van der Waals surface area contributed by atoms with Gasteiger partial charge < -0.3 is 14.5 Å². The van der Waals surface area contributed by atoms with Crippen LogP contribution in [0.3, 0.4) is 0 Å². The molecule has 2 unspecified atom stereocenters. The van der Waals surface area contributed by atoms with Crippen molar-refractivity contribution < 1.29 is 13.9 Å². The van der Waals surface area contributed by atoms with E-state index in [1.807, 2.05) is 6.07 Å². The lowest BCUT2D eigenvalue weighted by atomic mass is 9.43. The molecule has 1 aliphatic heterocycles. The van der Waals surface area contributed by atoms with E-state index in [-0.39, 0.29) is 11.5 Å². The second kappa shape index (κ2) is 7.12. The van der Waals surface area contributed by atoms with E-state index in [1.54, 1.807) is 6.07 Å². The number of hydrogen-bond acceptors (Lipinski definition) is 4. The van der Waals surface area contributed by atoms with Crippen LogP contribution in [0, 0.1) is 16.7 Å². The van der Waals surface area contributed by atoms with Gasteiger partial charge in [0.1, 0.15) is 5.76 Å². The lowest BCUT2D eigenvalue weighted by Gasteiger charge is -2.65. The molecule has 4 bridgehead atoms. The molecule has 2 atom stereocenters. The Labute approximate surface area is 174 Å². The van der Waals surface area contributed by atoms with Crippen molar-refractivity contribution in [3.05, 3.63) is 23.7 Å². The number of likely N-dealkylation sites (tertiary alicyclic amines) is 1. The molecule has 4 saturated carbocycles. The molecule has 6 rings (SSSR count). The average Bonchev–Trinajstić information content (AvgIpc) is 3.28. The lowest BCUT2D eigenvalue weighted by molar-refractivity contribution is -0.213. The van der Waals surface area contributed by atoms with Crippen LogP contribution in [0.4, 0.5) is 0 Å².